The molecule has 0 aliphatic rings. The van der Waals surface area contributed by atoms with Crippen LogP contribution in [0.15, 0.2) is 84.4 Å². The fourth-order valence-corrected chi connectivity index (χ4v) is 3.02. The Morgan fingerprint density at radius 3 is 2.61 bits per heavy atom. The van der Waals surface area contributed by atoms with Crippen LogP contribution in [0.1, 0.15) is 21.5 Å². The predicted molar refractivity (Wildman–Crippen MR) is 107 cm³/mol. The summed E-state index contributed by atoms with van der Waals surface area (Å²) in [6, 6.07) is 17.6. The van der Waals surface area contributed by atoms with Gasteiger partial charge in [-0.05, 0) is 35.9 Å². The molecule has 2 heterocycles. The van der Waals surface area contributed by atoms with Crippen LogP contribution in [-0.4, -0.2) is 21.7 Å². The van der Waals surface area contributed by atoms with Crippen LogP contribution in [-0.2, 0) is 6.54 Å². The number of pyridine rings is 1. The number of halogens is 1. The third-order valence-electron chi connectivity index (χ3n) is 4.40. The number of carbonyl (C=O) groups excluding carboxylic acids is 1. The maximum Gasteiger partial charge on any atom is 0.271 e. The summed E-state index contributed by atoms with van der Waals surface area (Å²) in [5.74, 6) is -0.549. The molecule has 0 spiro atoms. The highest BCUT2D eigenvalue weighted by molar-refractivity contribution is 6.00. The normalized spacial score (nSPS) is 11.2. The first kappa shape index (κ1) is 17.6. The Bertz CT molecular complexity index is 1130. The smallest absolute Gasteiger partial charge is 0.271 e. The van der Waals surface area contributed by atoms with Crippen molar-refractivity contribution in [2.24, 2.45) is 5.10 Å². The molecule has 138 valence electrons. The molecule has 0 bridgehead atoms. The lowest BCUT2D eigenvalue weighted by atomic mass is 10.2. The van der Waals surface area contributed by atoms with Crippen molar-refractivity contribution in [3.63, 3.8) is 0 Å². The minimum atomic E-state index is -0.297. The van der Waals surface area contributed by atoms with E-state index >= 15 is 0 Å². The Labute approximate surface area is 161 Å². The molecule has 0 saturated heterocycles. The second-order valence-corrected chi connectivity index (χ2v) is 6.29. The van der Waals surface area contributed by atoms with E-state index in [1.54, 1.807) is 42.9 Å². The third-order valence-corrected chi connectivity index (χ3v) is 4.40. The quantitative estimate of drug-likeness (QED) is 0.425. The molecule has 4 rings (SSSR count). The number of para-hydroxylation sites is 1. The average Bonchev–Trinajstić information content (AvgIpc) is 3.08. The van der Waals surface area contributed by atoms with E-state index in [0.29, 0.717) is 12.1 Å². The number of nitrogens with zero attached hydrogens (tertiary/aromatic N) is 3. The van der Waals surface area contributed by atoms with Crippen molar-refractivity contribution >= 4 is 23.0 Å². The summed E-state index contributed by atoms with van der Waals surface area (Å²) in [7, 11) is 0. The number of carbonyl (C=O) groups is 1. The second kappa shape index (κ2) is 7.84. The summed E-state index contributed by atoms with van der Waals surface area (Å²) in [4.78, 5) is 16.0. The molecule has 2 aromatic heterocycles. The molecule has 0 fully saturated rings. The standard InChI is InChI=1S/C22H17FN4O/c23-19-7-5-16(6-8-19)14-27-15-18(20-3-1-2-4-21(20)27)13-25-26-22(28)17-9-11-24-12-10-17/h1-13,15H,14H2,(H,26,28). The zero-order valence-corrected chi connectivity index (χ0v) is 14.9. The van der Waals surface area contributed by atoms with Gasteiger partial charge in [0.25, 0.3) is 5.91 Å². The SMILES string of the molecule is O=C(NN=Cc1cn(Cc2ccc(F)cc2)c2ccccc12)c1ccncc1. The molecule has 2 aromatic carbocycles. The van der Waals surface area contributed by atoms with Crippen LogP contribution in [0.4, 0.5) is 4.39 Å². The lowest BCUT2D eigenvalue weighted by Gasteiger charge is -2.05. The average molecular weight is 372 g/mol. The highest BCUT2D eigenvalue weighted by Crippen LogP contribution is 2.21. The molecule has 0 saturated carbocycles. The summed E-state index contributed by atoms with van der Waals surface area (Å²) in [6.45, 7) is 0.609. The van der Waals surface area contributed by atoms with Gasteiger partial charge in [-0.2, -0.15) is 5.10 Å². The number of rotatable bonds is 5. The van der Waals surface area contributed by atoms with Gasteiger partial charge in [0.05, 0.1) is 6.21 Å². The number of aromatic nitrogens is 2. The fourth-order valence-electron chi connectivity index (χ4n) is 3.02. The zero-order chi connectivity index (χ0) is 19.3. The van der Waals surface area contributed by atoms with E-state index in [9.17, 15) is 9.18 Å². The van der Waals surface area contributed by atoms with Gasteiger partial charge in [-0.15, -0.1) is 0 Å². The Balaban J connectivity index is 1.57. The van der Waals surface area contributed by atoms with Crippen molar-refractivity contribution in [2.45, 2.75) is 6.54 Å². The maximum absolute atomic E-state index is 13.1. The van der Waals surface area contributed by atoms with E-state index in [-0.39, 0.29) is 11.7 Å². The molecule has 0 atom stereocenters. The largest absolute Gasteiger partial charge is 0.342 e. The minimum Gasteiger partial charge on any atom is -0.342 e. The number of hydrazone groups is 1. The monoisotopic (exact) mass is 372 g/mol. The maximum atomic E-state index is 13.1. The van der Waals surface area contributed by atoms with Crippen molar-refractivity contribution in [1.82, 2.24) is 15.0 Å². The molecule has 0 unspecified atom stereocenters. The summed E-state index contributed by atoms with van der Waals surface area (Å²) >= 11 is 0. The van der Waals surface area contributed by atoms with Gasteiger partial charge in [-0.1, -0.05) is 30.3 Å². The number of nitrogens with one attached hydrogen (secondary N) is 1. The third kappa shape index (κ3) is 3.81. The molecule has 1 amide bonds. The fraction of sp³-hybridized carbons (Fsp3) is 0.0455. The number of hydrogen-bond donors (Lipinski definition) is 1. The lowest BCUT2D eigenvalue weighted by molar-refractivity contribution is 0.0955. The number of fused-ring (bicyclic) bond motifs is 1. The van der Waals surface area contributed by atoms with Gasteiger partial charge in [-0.25, -0.2) is 9.82 Å². The topological polar surface area (TPSA) is 59.3 Å². The predicted octanol–water partition coefficient (Wildman–Crippen LogP) is 3.99. The summed E-state index contributed by atoms with van der Waals surface area (Å²) in [6.07, 6.45) is 6.71. The molecule has 5 nitrogen and oxygen atoms in total. The number of amides is 1. The molecular formula is C22H17FN4O. The van der Waals surface area contributed by atoms with Gasteiger partial charge >= 0.3 is 0 Å². The van der Waals surface area contributed by atoms with Crippen LogP contribution in [0.2, 0.25) is 0 Å². The van der Waals surface area contributed by atoms with Crippen molar-refractivity contribution < 1.29 is 9.18 Å². The van der Waals surface area contributed by atoms with Crippen LogP contribution >= 0.6 is 0 Å². The second-order valence-electron chi connectivity index (χ2n) is 6.29. The van der Waals surface area contributed by atoms with Gasteiger partial charge in [0.15, 0.2) is 0 Å². The van der Waals surface area contributed by atoms with E-state index in [1.165, 1.54) is 12.1 Å². The first-order valence-electron chi connectivity index (χ1n) is 8.76. The Kier molecular flexibility index (Phi) is 4.93. The van der Waals surface area contributed by atoms with Crippen molar-refractivity contribution in [3.05, 3.63) is 102 Å². The highest BCUT2D eigenvalue weighted by atomic mass is 19.1. The molecule has 28 heavy (non-hydrogen) atoms. The van der Waals surface area contributed by atoms with E-state index in [1.807, 2.05) is 30.5 Å². The van der Waals surface area contributed by atoms with Gasteiger partial charge in [0.2, 0.25) is 0 Å². The molecule has 0 aliphatic carbocycles. The lowest BCUT2D eigenvalue weighted by Crippen LogP contribution is -2.17. The Hall–Kier alpha value is -3.80. The van der Waals surface area contributed by atoms with Crippen LogP contribution in [0, 0.1) is 5.82 Å². The molecule has 0 radical (unpaired) electrons. The van der Waals surface area contributed by atoms with Crippen LogP contribution < -0.4 is 5.43 Å². The number of benzene rings is 2. The van der Waals surface area contributed by atoms with E-state index in [0.717, 1.165) is 22.0 Å². The van der Waals surface area contributed by atoms with Crippen molar-refractivity contribution in [2.75, 3.05) is 0 Å². The molecular weight excluding hydrogens is 355 g/mol. The Morgan fingerprint density at radius 2 is 1.82 bits per heavy atom. The van der Waals surface area contributed by atoms with Gasteiger partial charge < -0.3 is 4.57 Å². The molecule has 4 aromatic rings. The van der Waals surface area contributed by atoms with E-state index in [2.05, 4.69) is 20.1 Å². The number of hydrogen-bond acceptors (Lipinski definition) is 3. The van der Waals surface area contributed by atoms with Gasteiger partial charge in [0.1, 0.15) is 5.82 Å². The van der Waals surface area contributed by atoms with Crippen molar-refractivity contribution in [3.8, 4) is 0 Å². The first-order valence-corrected chi connectivity index (χ1v) is 8.76. The summed E-state index contributed by atoms with van der Waals surface area (Å²) < 4.78 is 15.2. The van der Waals surface area contributed by atoms with Crippen LogP contribution in [0.3, 0.4) is 0 Å². The highest BCUT2D eigenvalue weighted by Gasteiger charge is 2.08. The van der Waals surface area contributed by atoms with Gasteiger partial charge in [0, 0.05) is 47.2 Å². The van der Waals surface area contributed by atoms with Crippen molar-refractivity contribution in [1.29, 1.82) is 0 Å². The first-order chi connectivity index (χ1) is 13.7. The molecule has 6 heteroatoms. The van der Waals surface area contributed by atoms with Crippen LogP contribution in [0.25, 0.3) is 10.9 Å². The zero-order valence-electron chi connectivity index (χ0n) is 14.9. The molecule has 1 N–H and O–H groups in total. The summed E-state index contributed by atoms with van der Waals surface area (Å²) in [5, 5.41) is 5.11. The Morgan fingerprint density at radius 1 is 1.07 bits per heavy atom. The van der Waals surface area contributed by atoms with Gasteiger partial charge in [-0.3, -0.25) is 9.78 Å². The minimum absolute atomic E-state index is 0.251. The molecule has 0 aliphatic heterocycles. The van der Waals surface area contributed by atoms with E-state index in [4.69, 9.17) is 0 Å². The summed E-state index contributed by atoms with van der Waals surface area (Å²) in [5.41, 5.74) is 5.94. The van der Waals surface area contributed by atoms with Crippen LogP contribution in [0.5, 0.6) is 0 Å². The van der Waals surface area contributed by atoms with E-state index < -0.39 is 0 Å².